The van der Waals surface area contributed by atoms with Gasteiger partial charge >= 0.3 is 0 Å². The van der Waals surface area contributed by atoms with E-state index in [2.05, 4.69) is 30.7 Å². The van der Waals surface area contributed by atoms with Crippen LogP contribution < -0.4 is 5.73 Å². The largest absolute Gasteiger partial charge is 0.329 e. The Hall–Kier alpha value is -0.120. The van der Waals surface area contributed by atoms with Crippen LogP contribution in [0.2, 0.25) is 0 Å². The lowest BCUT2D eigenvalue weighted by Crippen LogP contribution is -2.63. The number of piperazine rings is 1. The molecule has 2 fully saturated rings. The lowest BCUT2D eigenvalue weighted by Gasteiger charge is -2.50. The summed E-state index contributed by atoms with van der Waals surface area (Å²) in [5.41, 5.74) is 6.47. The van der Waals surface area contributed by atoms with Crippen molar-refractivity contribution in [3.05, 3.63) is 0 Å². The van der Waals surface area contributed by atoms with Crippen molar-refractivity contribution in [1.82, 2.24) is 9.80 Å². The first kappa shape index (κ1) is 13.3. The molecule has 0 radical (unpaired) electrons. The molecular formula is C14H29N3. The van der Waals surface area contributed by atoms with E-state index in [1.807, 2.05) is 0 Å². The summed E-state index contributed by atoms with van der Waals surface area (Å²) in [7, 11) is 2.26. The van der Waals surface area contributed by atoms with Gasteiger partial charge in [-0.05, 0) is 32.2 Å². The summed E-state index contributed by atoms with van der Waals surface area (Å²) in [5, 5.41) is 0. The summed E-state index contributed by atoms with van der Waals surface area (Å²) in [5.74, 6) is 0.772. The molecule has 2 rings (SSSR count). The van der Waals surface area contributed by atoms with Crippen molar-refractivity contribution in [2.75, 3.05) is 33.2 Å². The Morgan fingerprint density at radius 2 is 2.12 bits per heavy atom. The second-order valence-electron chi connectivity index (χ2n) is 6.09. The first-order chi connectivity index (χ1) is 8.14. The van der Waals surface area contributed by atoms with E-state index in [-0.39, 0.29) is 0 Å². The van der Waals surface area contributed by atoms with E-state index in [0.29, 0.717) is 5.54 Å². The van der Waals surface area contributed by atoms with E-state index in [1.165, 1.54) is 45.3 Å². The molecule has 2 N–H and O–H groups in total. The van der Waals surface area contributed by atoms with Crippen LogP contribution in [0.1, 0.15) is 39.5 Å². The summed E-state index contributed by atoms with van der Waals surface area (Å²) in [6, 6.07) is 0.722. The van der Waals surface area contributed by atoms with Crippen molar-refractivity contribution in [2.45, 2.75) is 51.1 Å². The average molecular weight is 239 g/mol. The van der Waals surface area contributed by atoms with Gasteiger partial charge in [0.25, 0.3) is 0 Å². The minimum atomic E-state index is 0.314. The highest BCUT2D eigenvalue weighted by Crippen LogP contribution is 2.40. The van der Waals surface area contributed by atoms with Crippen LogP contribution in [-0.4, -0.2) is 54.6 Å². The summed E-state index contributed by atoms with van der Waals surface area (Å²) < 4.78 is 0. The lowest BCUT2D eigenvalue weighted by atomic mass is 9.85. The van der Waals surface area contributed by atoms with Crippen molar-refractivity contribution >= 4 is 0 Å². The minimum absolute atomic E-state index is 0.314. The van der Waals surface area contributed by atoms with Gasteiger partial charge in [-0.25, -0.2) is 0 Å². The van der Waals surface area contributed by atoms with Crippen LogP contribution in [0.25, 0.3) is 0 Å². The topological polar surface area (TPSA) is 32.5 Å². The predicted octanol–water partition coefficient (Wildman–Crippen LogP) is 1.53. The number of nitrogens with zero attached hydrogens (tertiary/aromatic N) is 2. The summed E-state index contributed by atoms with van der Waals surface area (Å²) in [6.07, 6.45) is 5.29. The first-order valence-corrected chi connectivity index (χ1v) is 7.29. The molecule has 3 heteroatoms. The molecule has 0 aromatic rings. The van der Waals surface area contributed by atoms with Gasteiger partial charge in [-0.15, -0.1) is 0 Å². The zero-order valence-electron chi connectivity index (χ0n) is 11.8. The van der Waals surface area contributed by atoms with Crippen molar-refractivity contribution in [1.29, 1.82) is 0 Å². The van der Waals surface area contributed by atoms with E-state index in [1.54, 1.807) is 0 Å². The fourth-order valence-electron chi connectivity index (χ4n) is 3.92. The van der Waals surface area contributed by atoms with Crippen LogP contribution in [0.3, 0.4) is 0 Å². The fraction of sp³-hybridized carbons (Fsp3) is 1.00. The SMILES string of the molecule is CCC1CN(C2(CN)CCCC2C)CCN1C. The lowest BCUT2D eigenvalue weighted by molar-refractivity contribution is -0.00467. The molecule has 0 spiro atoms. The molecule has 3 nitrogen and oxygen atoms in total. The molecule has 17 heavy (non-hydrogen) atoms. The molecule has 1 saturated heterocycles. The third-order valence-corrected chi connectivity index (χ3v) is 5.40. The van der Waals surface area contributed by atoms with Gasteiger partial charge < -0.3 is 10.6 Å². The Balaban J connectivity index is 2.10. The summed E-state index contributed by atoms with van der Waals surface area (Å²) in [6.45, 7) is 9.17. The molecule has 2 aliphatic rings. The van der Waals surface area contributed by atoms with Crippen LogP contribution >= 0.6 is 0 Å². The molecule has 0 bridgehead atoms. The van der Waals surface area contributed by atoms with E-state index in [9.17, 15) is 0 Å². The first-order valence-electron chi connectivity index (χ1n) is 7.29. The molecule has 0 aromatic carbocycles. The van der Waals surface area contributed by atoms with E-state index in [0.717, 1.165) is 18.5 Å². The maximum absolute atomic E-state index is 6.16. The maximum atomic E-state index is 6.16. The highest BCUT2D eigenvalue weighted by molar-refractivity contribution is 5.02. The molecule has 0 aromatic heterocycles. The zero-order chi connectivity index (χ0) is 12.5. The summed E-state index contributed by atoms with van der Waals surface area (Å²) in [4.78, 5) is 5.24. The summed E-state index contributed by atoms with van der Waals surface area (Å²) >= 11 is 0. The Labute approximate surface area is 106 Å². The second kappa shape index (κ2) is 5.25. The molecule has 100 valence electrons. The fourth-order valence-corrected chi connectivity index (χ4v) is 3.92. The van der Waals surface area contributed by atoms with Gasteiger partial charge in [0.05, 0.1) is 0 Å². The number of hydrogen-bond acceptors (Lipinski definition) is 3. The van der Waals surface area contributed by atoms with Gasteiger partial charge in [0.2, 0.25) is 0 Å². The molecule has 3 atom stereocenters. The van der Waals surface area contributed by atoms with Crippen LogP contribution in [0.15, 0.2) is 0 Å². The van der Waals surface area contributed by atoms with Gasteiger partial charge in [-0.3, -0.25) is 4.90 Å². The number of nitrogens with two attached hydrogens (primary N) is 1. The van der Waals surface area contributed by atoms with E-state index in [4.69, 9.17) is 5.73 Å². The second-order valence-corrected chi connectivity index (χ2v) is 6.09. The smallest absolute Gasteiger partial charge is 0.0358 e. The van der Waals surface area contributed by atoms with Crippen LogP contribution in [-0.2, 0) is 0 Å². The molecule has 1 saturated carbocycles. The Kier molecular flexibility index (Phi) is 4.11. The third-order valence-electron chi connectivity index (χ3n) is 5.40. The molecule has 1 aliphatic heterocycles. The zero-order valence-corrected chi connectivity index (χ0v) is 11.8. The van der Waals surface area contributed by atoms with Crippen LogP contribution in [0.4, 0.5) is 0 Å². The van der Waals surface area contributed by atoms with Crippen molar-refractivity contribution in [3.8, 4) is 0 Å². The van der Waals surface area contributed by atoms with E-state index < -0.39 is 0 Å². The molecule has 1 aliphatic carbocycles. The highest BCUT2D eigenvalue weighted by Gasteiger charge is 2.45. The van der Waals surface area contributed by atoms with Gasteiger partial charge in [-0.1, -0.05) is 20.3 Å². The predicted molar refractivity (Wildman–Crippen MR) is 73.1 cm³/mol. The molecule has 0 amide bonds. The Bertz CT molecular complexity index is 256. The average Bonchev–Trinajstić information content (AvgIpc) is 2.72. The molecule has 3 unspecified atom stereocenters. The van der Waals surface area contributed by atoms with Gasteiger partial charge in [0.1, 0.15) is 0 Å². The van der Waals surface area contributed by atoms with Crippen molar-refractivity contribution < 1.29 is 0 Å². The molecule has 1 heterocycles. The standard InChI is InChI=1S/C14H29N3/c1-4-13-10-17(9-8-16(13)3)14(11-15)7-5-6-12(14)2/h12-13H,4-11,15H2,1-3H3. The van der Waals surface area contributed by atoms with Gasteiger partial charge in [0.15, 0.2) is 0 Å². The van der Waals surface area contributed by atoms with Crippen molar-refractivity contribution in [2.24, 2.45) is 11.7 Å². The third kappa shape index (κ3) is 2.25. The van der Waals surface area contributed by atoms with Crippen LogP contribution in [0, 0.1) is 5.92 Å². The number of likely N-dealkylation sites (N-methyl/N-ethyl adjacent to an activating group) is 1. The monoisotopic (exact) mass is 239 g/mol. The maximum Gasteiger partial charge on any atom is 0.0358 e. The molecular weight excluding hydrogens is 210 g/mol. The Morgan fingerprint density at radius 3 is 2.65 bits per heavy atom. The van der Waals surface area contributed by atoms with E-state index >= 15 is 0 Å². The normalized spacial score (nSPS) is 40.9. The van der Waals surface area contributed by atoms with Gasteiger partial charge in [-0.2, -0.15) is 0 Å². The Morgan fingerprint density at radius 1 is 1.35 bits per heavy atom. The minimum Gasteiger partial charge on any atom is -0.329 e. The number of rotatable bonds is 3. The van der Waals surface area contributed by atoms with Crippen LogP contribution in [0.5, 0.6) is 0 Å². The van der Waals surface area contributed by atoms with Gasteiger partial charge in [0, 0.05) is 37.8 Å². The highest BCUT2D eigenvalue weighted by atomic mass is 15.3. The van der Waals surface area contributed by atoms with Crippen molar-refractivity contribution in [3.63, 3.8) is 0 Å². The quantitative estimate of drug-likeness (QED) is 0.811. The number of hydrogen-bond donors (Lipinski definition) is 1.